The van der Waals surface area contributed by atoms with Gasteiger partial charge in [0.25, 0.3) is 0 Å². The molecule has 0 N–H and O–H groups in total. The largest absolute Gasteiger partial charge is 0.493 e. The van der Waals surface area contributed by atoms with Crippen molar-refractivity contribution in [3.8, 4) is 17.6 Å². The number of nitriles is 1. The van der Waals surface area contributed by atoms with Gasteiger partial charge in [0.2, 0.25) is 10.0 Å². The van der Waals surface area contributed by atoms with E-state index >= 15 is 0 Å². The van der Waals surface area contributed by atoms with Crippen LogP contribution in [-0.2, 0) is 10.0 Å². The van der Waals surface area contributed by atoms with Crippen LogP contribution >= 0.6 is 0 Å². The lowest BCUT2D eigenvalue weighted by molar-refractivity contribution is 0.353. The highest BCUT2D eigenvalue weighted by atomic mass is 32.2. The minimum Gasteiger partial charge on any atom is -0.493 e. The van der Waals surface area contributed by atoms with Crippen LogP contribution in [0.1, 0.15) is 19.8 Å². The molecule has 0 saturated heterocycles. The summed E-state index contributed by atoms with van der Waals surface area (Å²) in [6, 6.07) is 6.44. The Morgan fingerprint density at radius 2 is 1.86 bits per heavy atom. The van der Waals surface area contributed by atoms with E-state index in [0.29, 0.717) is 24.5 Å². The smallest absolute Gasteiger partial charge is 0.243 e. The minimum atomic E-state index is -3.65. The molecule has 1 aromatic carbocycles. The van der Waals surface area contributed by atoms with Crippen molar-refractivity contribution in [2.75, 3.05) is 27.3 Å². The fourth-order valence-corrected chi connectivity index (χ4v) is 3.45. The predicted molar refractivity (Wildman–Crippen MR) is 78.8 cm³/mol. The predicted octanol–water partition coefficient (Wildman–Crippen LogP) is 2.02. The lowest BCUT2D eigenvalue weighted by atomic mass is 10.3. The molecular formula is C14H20N2O4S. The fourth-order valence-electron chi connectivity index (χ4n) is 1.90. The second kappa shape index (κ2) is 7.86. The van der Waals surface area contributed by atoms with Crippen LogP contribution in [0.2, 0.25) is 0 Å². The molecule has 0 saturated carbocycles. The first-order valence-corrected chi connectivity index (χ1v) is 8.04. The van der Waals surface area contributed by atoms with Crippen molar-refractivity contribution >= 4 is 10.0 Å². The van der Waals surface area contributed by atoms with Crippen molar-refractivity contribution in [1.29, 1.82) is 5.26 Å². The summed E-state index contributed by atoms with van der Waals surface area (Å²) in [7, 11) is -0.706. The first kappa shape index (κ1) is 17.3. The number of rotatable bonds is 8. The molecular weight excluding hydrogens is 292 g/mol. The molecule has 0 atom stereocenters. The zero-order chi connectivity index (χ0) is 15.9. The van der Waals surface area contributed by atoms with Crippen LogP contribution in [0.5, 0.6) is 11.5 Å². The zero-order valence-corrected chi connectivity index (χ0v) is 13.3. The van der Waals surface area contributed by atoms with Crippen LogP contribution < -0.4 is 9.47 Å². The van der Waals surface area contributed by atoms with E-state index in [9.17, 15) is 8.42 Å². The number of benzene rings is 1. The number of ether oxygens (including phenoxy) is 2. The Bertz CT molecular complexity index is 608. The average molecular weight is 312 g/mol. The third-order valence-electron chi connectivity index (χ3n) is 2.94. The molecule has 0 bridgehead atoms. The van der Waals surface area contributed by atoms with Gasteiger partial charge in [-0.2, -0.15) is 9.57 Å². The topological polar surface area (TPSA) is 79.6 Å². The Morgan fingerprint density at radius 3 is 2.38 bits per heavy atom. The molecule has 1 rings (SSSR count). The first-order chi connectivity index (χ1) is 10.0. The van der Waals surface area contributed by atoms with Gasteiger partial charge in [-0.05, 0) is 18.6 Å². The number of hydrogen-bond acceptors (Lipinski definition) is 5. The fraction of sp³-hybridized carbons (Fsp3) is 0.500. The maximum atomic E-state index is 12.6. The standard InChI is InChI=1S/C14H20N2O4S/c1-4-9-16(10-5-8-15)21(17,18)12-6-7-13(19-2)14(11-12)20-3/h6-7,11H,4-5,9-10H2,1-3H3. The highest BCUT2D eigenvalue weighted by Crippen LogP contribution is 2.30. The van der Waals surface area contributed by atoms with Crippen LogP contribution in [0, 0.1) is 11.3 Å². The molecule has 0 fully saturated rings. The maximum Gasteiger partial charge on any atom is 0.243 e. The lowest BCUT2D eigenvalue weighted by Gasteiger charge is -2.21. The highest BCUT2D eigenvalue weighted by Gasteiger charge is 2.24. The molecule has 0 amide bonds. The number of hydrogen-bond donors (Lipinski definition) is 0. The van der Waals surface area contributed by atoms with E-state index in [4.69, 9.17) is 14.7 Å². The van der Waals surface area contributed by atoms with E-state index in [1.54, 1.807) is 6.07 Å². The Labute approximate surface area is 125 Å². The van der Waals surface area contributed by atoms with E-state index in [1.165, 1.54) is 30.7 Å². The Hall–Kier alpha value is -1.78. The third-order valence-corrected chi connectivity index (χ3v) is 4.83. The van der Waals surface area contributed by atoms with E-state index in [1.807, 2.05) is 13.0 Å². The van der Waals surface area contributed by atoms with Crippen molar-refractivity contribution < 1.29 is 17.9 Å². The molecule has 21 heavy (non-hydrogen) atoms. The molecule has 0 radical (unpaired) electrons. The van der Waals surface area contributed by atoms with Crippen molar-refractivity contribution in [2.45, 2.75) is 24.7 Å². The van der Waals surface area contributed by atoms with E-state index in [2.05, 4.69) is 0 Å². The van der Waals surface area contributed by atoms with Crippen LogP contribution in [0.25, 0.3) is 0 Å². The second-order valence-electron chi connectivity index (χ2n) is 4.33. The van der Waals surface area contributed by atoms with Gasteiger partial charge in [-0.3, -0.25) is 0 Å². The summed E-state index contributed by atoms with van der Waals surface area (Å²) >= 11 is 0. The molecule has 1 aromatic rings. The molecule has 0 aliphatic carbocycles. The van der Waals surface area contributed by atoms with Gasteiger partial charge in [-0.15, -0.1) is 0 Å². The Kier molecular flexibility index (Phi) is 6.46. The Morgan fingerprint density at radius 1 is 1.19 bits per heavy atom. The lowest BCUT2D eigenvalue weighted by Crippen LogP contribution is -2.32. The maximum absolute atomic E-state index is 12.6. The number of nitrogens with zero attached hydrogens (tertiary/aromatic N) is 2. The van der Waals surface area contributed by atoms with Gasteiger partial charge >= 0.3 is 0 Å². The first-order valence-electron chi connectivity index (χ1n) is 6.60. The van der Waals surface area contributed by atoms with Crippen molar-refractivity contribution in [3.05, 3.63) is 18.2 Å². The number of methoxy groups -OCH3 is 2. The molecule has 116 valence electrons. The van der Waals surface area contributed by atoms with Gasteiger partial charge in [-0.1, -0.05) is 6.92 Å². The van der Waals surface area contributed by atoms with Crippen LogP contribution in [0.3, 0.4) is 0 Å². The van der Waals surface area contributed by atoms with Gasteiger partial charge in [0.15, 0.2) is 11.5 Å². The van der Waals surface area contributed by atoms with Gasteiger partial charge in [0.05, 0.1) is 25.2 Å². The molecule has 0 unspecified atom stereocenters. The summed E-state index contributed by atoms with van der Waals surface area (Å²) in [6.45, 7) is 2.45. The Balaban J connectivity index is 3.18. The van der Waals surface area contributed by atoms with Gasteiger partial charge in [0, 0.05) is 25.6 Å². The molecule has 6 nitrogen and oxygen atoms in total. The molecule has 0 spiro atoms. The normalized spacial score (nSPS) is 11.2. The SMILES string of the molecule is CCCN(CCC#N)S(=O)(=O)c1ccc(OC)c(OC)c1. The number of sulfonamides is 1. The third kappa shape index (κ3) is 4.09. The summed E-state index contributed by atoms with van der Waals surface area (Å²) < 4.78 is 36.8. The zero-order valence-electron chi connectivity index (χ0n) is 12.5. The van der Waals surface area contributed by atoms with Gasteiger partial charge < -0.3 is 9.47 Å². The van der Waals surface area contributed by atoms with Crippen LogP contribution in [0.15, 0.2) is 23.1 Å². The van der Waals surface area contributed by atoms with E-state index in [-0.39, 0.29) is 17.9 Å². The van der Waals surface area contributed by atoms with Gasteiger partial charge in [-0.25, -0.2) is 8.42 Å². The van der Waals surface area contributed by atoms with Crippen molar-refractivity contribution in [3.63, 3.8) is 0 Å². The van der Waals surface area contributed by atoms with Gasteiger partial charge in [0.1, 0.15) is 0 Å². The van der Waals surface area contributed by atoms with Crippen LogP contribution in [-0.4, -0.2) is 40.0 Å². The molecule has 0 aliphatic heterocycles. The highest BCUT2D eigenvalue weighted by molar-refractivity contribution is 7.89. The quantitative estimate of drug-likeness (QED) is 0.733. The minimum absolute atomic E-state index is 0.131. The van der Waals surface area contributed by atoms with Crippen molar-refractivity contribution in [1.82, 2.24) is 4.31 Å². The molecule has 0 heterocycles. The molecule has 0 aliphatic rings. The summed E-state index contributed by atoms with van der Waals surface area (Å²) in [4.78, 5) is 0.131. The second-order valence-corrected chi connectivity index (χ2v) is 6.27. The molecule has 0 aromatic heterocycles. The summed E-state index contributed by atoms with van der Waals surface area (Å²) in [5.74, 6) is 0.825. The summed E-state index contributed by atoms with van der Waals surface area (Å²) in [6.07, 6.45) is 0.838. The summed E-state index contributed by atoms with van der Waals surface area (Å²) in [5, 5.41) is 8.66. The summed E-state index contributed by atoms with van der Waals surface area (Å²) in [5.41, 5.74) is 0. The van der Waals surface area contributed by atoms with Crippen molar-refractivity contribution in [2.24, 2.45) is 0 Å². The average Bonchev–Trinajstić information content (AvgIpc) is 2.50. The van der Waals surface area contributed by atoms with Crippen LogP contribution in [0.4, 0.5) is 0 Å². The molecule has 7 heteroatoms. The van der Waals surface area contributed by atoms with E-state index in [0.717, 1.165) is 0 Å². The monoisotopic (exact) mass is 312 g/mol. The van der Waals surface area contributed by atoms with E-state index < -0.39 is 10.0 Å².